The van der Waals surface area contributed by atoms with Gasteiger partial charge in [0.05, 0.1) is 6.54 Å². The van der Waals surface area contributed by atoms with Gasteiger partial charge in [0.1, 0.15) is 12.4 Å². The summed E-state index contributed by atoms with van der Waals surface area (Å²) in [5, 5.41) is 6.36. The number of hydrogen-bond donors (Lipinski definition) is 2. The zero-order valence-electron chi connectivity index (χ0n) is 13.0. The zero-order chi connectivity index (χ0) is 15.1. The highest BCUT2D eigenvalue weighted by Gasteiger charge is 2.22. The van der Waals surface area contributed by atoms with Crippen molar-refractivity contribution in [2.45, 2.75) is 39.2 Å². The van der Waals surface area contributed by atoms with Crippen molar-refractivity contribution in [2.75, 3.05) is 19.7 Å². The summed E-state index contributed by atoms with van der Waals surface area (Å²) in [5.41, 5.74) is 1.17. The fourth-order valence-corrected chi connectivity index (χ4v) is 2.72. The Hall–Kier alpha value is -1.55. The van der Waals surface area contributed by atoms with Gasteiger partial charge >= 0.3 is 0 Å². The lowest BCUT2D eigenvalue weighted by Gasteiger charge is -2.29. The molecule has 0 aliphatic carbocycles. The fourth-order valence-electron chi connectivity index (χ4n) is 2.72. The Morgan fingerprint density at radius 2 is 2.33 bits per heavy atom. The molecule has 21 heavy (non-hydrogen) atoms. The number of rotatable bonds is 6. The number of carbonyl (C=O) groups is 1. The fraction of sp³-hybridized carbons (Fsp3) is 0.588. The smallest absolute Gasteiger partial charge is 0.221 e. The van der Waals surface area contributed by atoms with Crippen LogP contribution in [0, 0.1) is 12.8 Å². The molecule has 2 unspecified atom stereocenters. The minimum Gasteiger partial charge on any atom is -0.492 e. The van der Waals surface area contributed by atoms with Gasteiger partial charge in [-0.25, -0.2) is 0 Å². The van der Waals surface area contributed by atoms with E-state index in [0.29, 0.717) is 31.5 Å². The number of nitrogens with one attached hydrogen (secondary N) is 2. The van der Waals surface area contributed by atoms with E-state index in [1.807, 2.05) is 31.2 Å². The number of amides is 1. The van der Waals surface area contributed by atoms with Crippen molar-refractivity contribution in [3.05, 3.63) is 29.8 Å². The van der Waals surface area contributed by atoms with Crippen LogP contribution < -0.4 is 15.4 Å². The molecule has 116 valence electrons. The largest absolute Gasteiger partial charge is 0.492 e. The summed E-state index contributed by atoms with van der Waals surface area (Å²) < 4.78 is 5.62. The Balaban J connectivity index is 1.63. The highest BCUT2D eigenvalue weighted by molar-refractivity contribution is 5.76. The lowest BCUT2D eigenvalue weighted by Crippen LogP contribution is -2.44. The van der Waals surface area contributed by atoms with E-state index < -0.39 is 0 Å². The SMILES string of the molecule is Cc1cccc(OCCNC(=O)CC2NCCCC2C)c1. The monoisotopic (exact) mass is 290 g/mol. The summed E-state index contributed by atoms with van der Waals surface area (Å²) in [6.45, 7) is 6.33. The van der Waals surface area contributed by atoms with Gasteiger partial charge in [-0.15, -0.1) is 0 Å². The lowest BCUT2D eigenvalue weighted by atomic mass is 9.90. The number of hydrogen-bond acceptors (Lipinski definition) is 3. The minimum absolute atomic E-state index is 0.106. The Kier molecular flexibility index (Phi) is 6.05. The first-order chi connectivity index (χ1) is 10.1. The van der Waals surface area contributed by atoms with Crippen LogP contribution in [0.1, 0.15) is 31.7 Å². The summed E-state index contributed by atoms with van der Waals surface area (Å²) in [7, 11) is 0. The predicted molar refractivity (Wildman–Crippen MR) is 84.5 cm³/mol. The number of ether oxygens (including phenoxy) is 1. The Morgan fingerprint density at radius 1 is 1.48 bits per heavy atom. The maximum Gasteiger partial charge on any atom is 0.221 e. The summed E-state index contributed by atoms with van der Waals surface area (Å²) >= 11 is 0. The second-order valence-electron chi connectivity index (χ2n) is 5.90. The molecule has 1 amide bonds. The van der Waals surface area contributed by atoms with Crippen LogP contribution in [0.25, 0.3) is 0 Å². The zero-order valence-corrected chi connectivity index (χ0v) is 13.0. The average molecular weight is 290 g/mol. The number of piperidine rings is 1. The maximum absolute atomic E-state index is 11.9. The standard InChI is InChI=1S/C17H26N2O2/c1-13-5-3-7-15(11-13)21-10-9-19-17(20)12-16-14(2)6-4-8-18-16/h3,5,7,11,14,16,18H,4,6,8-10,12H2,1-2H3,(H,19,20). The molecule has 0 spiro atoms. The number of aryl methyl sites for hydroxylation is 1. The van der Waals surface area contributed by atoms with Gasteiger partial charge in [0.25, 0.3) is 0 Å². The highest BCUT2D eigenvalue weighted by atomic mass is 16.5. The quantitative estimate of drug-likeness (QED) is 0.790. The van der Waals surface area contributed by atoms with Crippen LogP contribution >= 0.6 is 0 Å². The third kappa shape index (κ3) is 5.38. The van der Waals surface area contributed by atoms with Crippen LogP contribution in [0.4, 0.5) is 0 Å². The molecule has 2 atom stereocenters. The molecule has 1 fully saturated rings. The van der Waals surface area contributed by atoms with Crippen LogP contribution in [0.5, 0.6) is 5.75 Å². The van der Waals surface area contributed by atoms with Crippen molar-refractivity contribution in [1.82, 2.24) is 10.6 Å². The van der Waals surface area contributed by atoms with Crippen LogP contribution in [0.3, 0.4) is 0 Å². The van der Waals surface area contributed by atoms with Crippen molar-refractivity contribution >= 4 is 5.91 Å². The third-order valence-electron chi connectivity index (χ3n) is 4.02. The van der Waals surface area contributed by atoms with E-state index >= 15 is 0 Å². The van der Waals surface area contributed by atoms with Crippen molar-refractivity contribution in [2.24, 2.45) is 5.92 Å². The summed E-state index contributed by atoms with van der Waals surface area (Å²) in [5.74, 6) is 1.54. The number of carbonyl (C=O) groups excluding carboxylic acids is 1. The summed E-state index contributed by atoms with van der Waals surface area (Å²) in [6.07, 6.45) is 2.98. The minimum atomic E-state index is 0.106. The third-order valence-corrected chi connectivity index (χ3v) is 4.02. The Labute approximate surface area is 127 Å². The molecule has 4 heteroatoms. The van der Waals surface area contributed by atoms with E-state index in [0.717, 1.165) is 12.3 Å². The van der Waals surface area contributed by atoms with E-state index in [1.165, 1.54) is 18.4 Å². The molecular weight excluding hydrogens is 264 g/mol. The van der Waals surface area contributed by atoms with Crippen LogP contribution in [0.2, 0.25) is 0 Å². The second-order valence-corrected chi connectivity index (χ2v) is 5.90. The van der Waals surface area contributed by atoms with Crippen LogP contribution in [0.15, 0.2) is 24.3 Å². The first kappa shape index (κ1) is 15.8. The van der Waals surface area contributed by atoms with Gasteiger partial charge in [0.2, 0.25) is 5.91 Å². The topological polar surface area (TPSA) is 50.4 Å². The Bertz CT molecular complexity index is 462. The molecule has 1 saturated heterocycles. The normalized spacial score (nSPS) is 21.8. The molecule has 0 aromatic heterocycles. The molecule has 1 aromatic carbocycles. The molecule has 0 radical (unpaired) electrons. The molecular formula is C17H26N2O2. The van der Waals surface area contributed by atoms with Crippen molar-refractivity contribution in [3.8, 4) is 5.75 Å². The molecule has 4 nitrogen and oxygen atoms in total. The second kappa shape index (κ2) is 8.03. The summed E-state index contributed by atoms with van der Waals surface area (Å²) in [4.78, 5) is 11.9. The molecule has 0 bridgehead atoms. The van der Waals surface area contributed by atoms with Crippen LogP contribution in [-0.2, 0) is 4.79 Å². The molecule has 2 N–H and O–H groups in total. The summed E-state index contributed by atoms with van der Waals surface area (Å²) in [6, 6.07) is 8.25. The predicted octanol–water partition coefficient (Wildman–Crippen LogP) is 2.27. The van der Waals surface area contributed by atoms with Crippen molar-refractivity contribution in [3.63, 3.8) is 0 Å². The van der Waals surface area contributed by atoms with Gasteiger partial charge in [0, 0.05) is 12.5 Å². The van der Waals surface area contributed by atoms with E-state index in [1.54, 1.807) is 0 Å². The van der Waals surface area contributed by atoms with Gasteiger partial charge in [-0.05, 0) is 49.9 Å². The molecule has 1 heterocycles. The molecule has 1 aromatic rings. The lowest BCUT2D eigenvalue weighted by molar-refractivity contribution is -0.122. The Morgan fingerprint density at radius 3 is 3.10 bits per heavy atom. The van der Waals surface area contributed by atoms with Crippen LogP contribution in [-0.4, -0.2) is 31.6 Å². The maximum atomic E-state index is 11.9. The van der Waals surface area contributed by atoms with E-state index in [2.05, 4.69) is 17.6 Å². The van der Waals surface area contributed by atoms with Gasteiger partial charge in [-0.1, -0.05) is 19.1 Å². The van der Waals surface area contributed by atoms with Gasteiger partial charge in [-0.2, -0.15) is 0 Å². The molecule has 1 aliphatic rings. The molecule has 1 aliphatic heterocycles. The van der Waals surface area contributed by atoms with E-state index in [4.69, 9.17) is 4.74 Å². The van der Waals surface area contributed by atoms with Gasteiger partial charge in [-0.3, -0.25) is 4.79 Å². The number of benzene rings is 1. The van der Waals surface area contributed by atoms with Gasteiger partial charge in [0.15, 0.2) is 0 Å². The van der Waals surface area contributed by atoms with E-state index in [9.17, 15) is 4.79 Å². The molecule has 0 saturated carbocycles. The first-order valence-corrected chi connectivity index (χ1v) is 7.84. The first-order valence-electron chi connectivity index (χ1n) is 7.84. The molecule has 2 rings (SSSR count). The van der Waals surface area contributed by atoms with Crippen molar-refractivity contribution in [1.29, 1.82) is 0 Å². The average Bonchev–Trinajstić information content (AvgIpc) is 2.46. The van der Waals surface area contributed by atoms with Gasteiger partial charge < -0.3 is 15.4 Å². The van der Waals surface area contributed by atoms with Crippen molar-refractivity contribution < 1.29 is 9.53 Å². The highest BCUT2D eigenvalue weighted by Crippen LogP contribution is 2.17. The van der Waals surface area contributed by atoms with E-state index in [-0.39, 0.29) is 5.91 Å².